The van der Waals surface area contributed by atoms with Crippen molar-refractivity contribution in [1.82, 2.24) is 20.4 Å². The lowest BCUT2D eigenvalue weighted by Gasteiger charge is -1.70. The van der Waals surface area contributed by atoms with Gasteiger partial charge in [0, 0.05) is 12.4 Å². The molecule has 0 bridgehead atoms. The number of hydrogen-bond acceptors (Lipinski definition) is 6. The van der Waals surface area contributed by atoms with Gasteiger partial charge in [0.05, 0.1) is 24.9 Å². The summed E-state index contributed by atoms with van der Waals surface area (Å²) < 4.78 is 4.58. The van der Waals surface area contributed by atoms with E-state index in [1.54, 1.807) is 54.7 Å². The molecule has 0 saturated heterocycles. The minimum absolute atomic E-state index is 1.58. The van der Waals surface area contributed by atoms with E-state index in [1.807, 2.05) is 53.2 Å². The number of furan rings is 1. The number of thiophene rings is 1. The maximum atomic E-state index is 4.58. The fraction of sp³-hybridized carbons (Fsp3) is 0. The molecule has 6 heteroatoms. The van der Waals surface area contributed by atoms with Crippen LogP contribution in [0.3, 0.4) is 0 Å². The highest BCUT2D eigenvalue weighted by atomic mass is 32.1. The third kappa shape index (κ3) is 12.2. The van der Waals surface area contributed by atoms with Crippen molar-refractivity contribution < 1.29 is 4.42 Å². The summed E-state index contributed by atoms with van der Waals surface area (Å²) in [6.45, 7) is 0. The summed E-state index contributed by atoms with van der Waals surface area (Å²) >= 11 is 1.71. The monoisotopic (exact) mass is 312 g/mol. The maximum Gasteiger partial charge on any atom is 0.0902 e. The summed E-state index contributed by atoms with van der Waals surface area (Å²) in [4.78, 5) is 3.78. The Balaban J connectivity index is 0.000000147. The van der Waals surface area contributed by atoms with E-state index in [-0.39, 0.29) is 0 Å². The average Bonchev–Trinajstić information content (AvgIpc) is 3.37. The molecule has 0 fully saturated rings. The topological polar surface area (TPSA) is 64.7 Å². The summed E-state index contributed by atoms with van der Waals surface area (Å²) in [6, 6.07) is 15.1. The molecule has 4 heterocycles. The molecule has 22 heavy (non-hydrogen) atoms. The fourth-order valence-electron chi connectivity index (χ4n) is 0.971. The lowest BCUT2D eigenvalue weighted by molar-refractivity contribution is 0.567. The zero-order valence-corrected chi connectivity index (χ0v) is 12.7. The largest absolute Gasteiger partial charge is 0.473 e. The first-order valence-corrected chi connectivity index (χ1v) is 7.32. The molecule has 0 aromatic carbocycles. The molecule has 0 aliphatic rings. The van der Waals surface area contributed by atoms with E-state index < -0.39 is 0 Å². The van der Waals surface area contributed by atoms with Crippen LogP contribution >= 0.6 is 11.3 Å². The third-order valence-corrected chi connectivity index (χ3v) is 2.45. The number of rotatable bonds is 0. The van der Waals surface area contributed by atoms with Gasteiger partial charge in [0.25, 0.3) is 0 Å². The number of aromatic nitrogens is 4. The van der Waals surface area contributed by atoms with Gasteiger partial charge < -0.3 is 4.42 Å². The van der Waals surface area contributed by atoms with Gasteiger partial charge in [-0.15, -0.1) is 10.2 Å². The van der Waals surface area contributed by atoms with E-state index in [2.05, 4.69) is 24.8 Å². The molecule has 0 unspecified atom stereocenters. The van der Waals surface area contributed by atoms with Gasteiger partial charge in [-0.25, -0.2) is 0 Å². The van der Waals surface area contributed by atoms with Crippen LogP contribution in [0.2, 0.25) is 0 Å². The molecule has 0 aliphatic heterocycles. The summed E-state index contributed by atoms with van der Waals surface area (Å²) in [5, 5.41) is 14.2. The van der Waals surface area contributed by atoms with Gasteiger partial charge in [0.15, 0.2) is 0 Å². The number of pyridine rings is 1. The Labute approximate surface area is 133 Å². The van der Waals surface area contributed by atoms with Crippen LogP contribution in [-0.4, -0.2) is 20.4 Å². The smallest absolute Gasteiger partial charge is 0.0902 e. The molecule has 0 N–H and O–H groups in total. The van der Waals surface area contributed by atoms with Crippen LogP contribution in [0.5, 0.6) is 0 Å². The van der Waals surface area contributed by atoms with Crippen LogP contribution in [-0.2, 0) is 0 Å². The summed E-state index contributed by atoms with van der Waals surface area (Å²) in [5.41, 5.74) is 0. The minimum atomic E-state index is 1.58. The van der Waals surface area contributed by atoms with E-state index >= 15 is 0 Å². The van der Waals surface area contributed by atoms with Crippen molar-refractivity contribution in [2.45, 2.75) is 0 Å². The SMILES string of the molecule is c1ccncc1.c1ccoc1.c1ccsc1.c1cnnnc1. The van der Waals surface area contributed by atoms with E-state index in [4.69, 9.17) is 0 Å². The van der Waals surface area contributed by atoms with Crippen molar-refractivity contribution in [3.8, 4) is 0 Å². The van der Waals surface area contributed by atoms with E-state index in [0.29, 0.717) is 0 Å². The second kappa shape index (κ2) is 14.5. The summed E-state index contributed by atoms with van der Waals surface area (Å²) in [7, 11) is 0. The molecule has 4 aromatic rings. The highest BCUT2D eigenvalue weighted by Gasteiger charge is 1.61. The fourth-order valence-corrected chi connectivity index (χ4v) is 1.42. The van der Waals surface area contributed by atoms with Gasteiger partial charge in [0.1, 0.15) is 0 Å². The lowest BCUT2D eigenvalue weighted by atomic mass is 10.5. The number of hydrogen-bond donors (Lipinski definition) is 0. The minimum Gasteiger partial charge on any atom is -0.473 e. The first-order valence-electron chi connectivity index (χ1n) is 6.38. The van der Waals surface area contributed by atoms with Crippen molar-refractivity contribution >= 4 is 11.3 Å². The van der Waals surface area contributed by atoms with Gasteiger partial charge in [-0.2, -0.15) is 11.3 Å². The second-order valence-corrected chi connectivity index (χ2v) is 4.24. The number of nitrogens with zero attached hydrogens (tertiary/aromatic N) is 4. The quantitative estimate of drug-likeness (QED) is 0.491. The van der Waals surface area contributed by atoms with Crippen LogP contribution < -0.4 is 0 Å². The molecule has 0 spiro atoms. The van der Waals surface area contributed by atoms with Crippen molar-refractivity contribution in [1.29, 1.82) is 0 Å². The molecular formula is C16H16N4OS. The molecule has 0 aliphatic carbocycles. The van der Waals surface area contributed by atoms with Gasteiger partial charge in [-0.05, 0) is 46.3 Å². The van der Waals surface area contributed by atoms with Crippen molar-refractivity contribution in [2.75, 3.05) is 0 Å². The van der Waals surface area contributed by atoms with Crippen molar-refractivity contribution in [3.63, 3.8) is 0 Å². The van der Waals surface area contributed by atoms with Gasteiger partial charge in [-0.3, -0.25) is 4.98 Å². The van der Waals surface area contributed by atoms with E-state index in [0.717, 1.165) is 0 Å². The van der Waals surface area contributed by atoms with Crippen LogP contribution in [0.1, 0.15) is 0 Å². The average molecular weight is 312 g/mol. The normalized spacial score (nSPS) is 8.00. The first kappa shape index (κ1) is 17.2. The Bertz CT molecular complexity index is 456. The zero-order valence-electron chi connectivity index (χ0n) is 11.8. The molecule has 0 radical (unpaired) electrons. The molecular weight excluding hydrogens is 296 g/mol. The van der Waals surface area contributed by atoms with Gasteiger partial charge in [0.2, 0.25) is 0 Å². The first-order chi connectivity index (χ1) is 11.0. The van der Waals surface area contributed by atoms with Crippen LogP contribution in [0.15, 0.2) is 101 Å². The van der Waals surface area contributed by atoms with Gasteiger partial charge in [-0.1, -0.05) is 18.2 Å². The molecule has 112 valence electrons. The maximum absolute atomic E-state index is 4.58. The Morgan fingerprint density at radius 2 is 1.23 bits per heavy atom. The predicted octanol–water partition coefficient (Wildman–Crippen LogP) is 3.98. The van der Waals surface area contributed by atoms with Crippen LogP contribution in [0.25, 0.3) is 0 Å². The second-order valence-electron chi connectivity index (χ2n) is 3.42. The highest BCUT2D eigenvalue weighted by Crippen LogP contribution is 1.91. The van der Waals surface area contributed by atoms with Crippen LogP contribution in [0.4, 0.5) is 0 Å². The highest BCUT2D eigenvalue weighted by molar-refractivity contribution is 7.07. The lowest BCUT2D eigenvalue weighted by Crippen LogP contribution is -1.78. The molecule has 4 aromatic heterocycles. The molecule has 5 nitrogen and oxygen atoms in total. The standard InChI is InChI=1S/C5H5N.C4H4O.C4H4S.C3H3N3/c1-2-4-6-5-3-1;2*1-2-4-5-3-1;1-2-4-6-5-3-1/h1-5H;2*1-4H;1-3H. The van der Waals surface area contributed by atoms with Gasteiger partial charge >= 0.3 is 0 Å². The Morgan fingerprint density at radius 1 is 0.591 bits per heavy atom. The Morgan fingerprint density at radius 3 is 1.41 bits per heavy atom. The van der Waals surface area contributed by atoms with Crippen LogP contribution in [0, 0.1) is 0 Å². The molecule has 0 saturated carbocycles. The Hall–Kier alpha value is -2.86. The predicted molar refractivity (Wildman–Crippen MR) is 87.1 cm³/mol. The van der Waals surface area contributed by atoms with E-state index in [1.165, 1.54) is 0 Å². The van der Waals surface area contributed by atoms with E-state index in [9.17, 15) is 0 Å². The Kier molecular flexibility index (Phi) is 11.4. The van der Waals surface area contributed by atoms with Crippen molar-refractivity contribution in [2.24, 2.45) is 0 Å². The molecule has 0 atom stereocenters. The summed E-state index contributed by atoms with van der Waals surface area (Å²) in [6.07, 6.45) is 9.90. The summed E-state index contributed by atoms with van der Waals surface area (Å²) in [5.74, 6) is 0. The zero-order chi connectivity index (χ0) is 15.6. The third-order valence-electron chi connectivity index (χ3n) is 1.83. The molecule has 4 rings (SSSR count). The molecule has 0 amide bonds. The van der Waals surface area contributed by atoms with Crippen molar-refractivity contribution in [3.05, 3.63) is 96.6 Å².